The second-order valence-corrected chi connectivity index (χ2v) is 33.5. The summed E-state index contributed by atoms with van der Waals surface area (Å²) in [6.45, 7) is 21.2. The van der Waals surface area contributed by atoms with E-state index in [1.165, 1.54) is 11.8 Å². The summed E-state index contributed by atoms with van der Waals surface area (Å²) in [6.07, 6.45) is 2.23. The number of rotatable bonds is 54. The summed E-state index contributed by atoms with van der Waals surface area (Å²) < 4.78 is 0. The Kier molecular flexibility index (Phi) is 45.2. The molecule has 1 heterocycles. The molecule has 36 nitrogen and oxygen atoms in total. The predicted molar refractivity (Wildman–Crippen MR) is 462 cm³/mol. The second-order valence-electron chi connectivity index (χ2n) is 33.5. The number of likely N-dealkylation sites (tertiary alicyclic amines) is 1. The van der Waals surface area contributed by atoms with Crippen molar-refractivity contribution in [2.75, 3.05) is 32.7 Å². The summed E-state index contributed by atoms with van der Waals surface area (Å²) in [4.78, 5) is 236. The zero-order valence-corrected chi connectivity index (χ0v) is 73.5. The molecule has 0 saturated carbocycles. The van der Waals surface area contributed by atoms with E-state index in [9.17, 15) is 81.5 Å². The highest BCUT2D eigenvalue weighted by molar-refractivity contribution is 6.01. The van der Waals surface area contributed by atoms with Gasteiger partial charge in [-0.2, -0.15) is 0 Å². The van der Waals surface area contributed by atoms with Crippen molar-refractivity contribution in [2.45, 2.75) is 265 Å². The first-order valence-electron chi connectivity index (χ1n) is 42.7. The monoisotopic (exact) mass is 1720 g/mol. The Labute approximate surface area is 721 Å². The Balaban J connectivity index is 1.39. The van der Waals surface area contributed by atoms with Crippen LogP contribution >= 0.6 is 0 Å². The number of primary amides is 2. The highest BCUT2D eigenvalue weighted by Crippen LogP contribution is 2.23. The molecule has 0 spiro atoms. The third kappa shape index (κ3) is 37.4. The van der Waals surface area contributed by atoms with Gasteiger partial charge in [-0.3, -0.25) is 81.5 Å². The van der Waals surface area contributed by atoms with Gasteiger partial charge in [-0.15, -0.1) is 0 Å². The SMILES string of the molecule is CC[C@H](C)[C@H](NC(=O)[C@H](CCCCN)NC(=O)CNC(=O)[C@H](CC(C)C)NC(=O)[C@@H](NC(=O)[C@@H]1CCCN1C(=O)[C@H](CC(C)C)NC(=O)[C@@H](N)Cc1ccccc1)[C@@H](C)CC)C(=O)N[C@@H](C)C(=O)NCC(=O)N[C@@H](Cc1ccccc1)C(=O)N[C@@H](CC(C)C)C(=O)NCC(=O)N[C@@H](CC(N)=O)C(=O)N[C@@H](CC(C)C)C(=O)N[C@@H](Cc1ccccc1)C(N)=O. The number of amides is 17. The summed E-state index contributed by atoms with van der Waals surface area (Å²) in [7, 11) is 0. The van der Waals surface area contributed by atoms with Gasteiger partial charge in [0.2, 0.25) is 100 Å². The largest absolute Gasteiger partial charge is 0.370 e. The number of carbonyl (C=O) groups is 17. The van der Waals surface area contributed by atoms with Gasteiger partial charge in [0.25, 0.3) is 0 Å². The van der Waals surface area contributed by atoms with E-state index in [1.807, 2.05) is 65.0 Å². The Hall–Kier alpha value is -11.4. The van der Waals surface area contributed by atoms with Crippen molar-refractivity contribution in [3.05, 3.63) is 108 Å². The van der Waals surface area contributed by atoms with Gasteiger partial charge in [0.15, 0.2) is 0 Å². The standard InChI is InChI=1S/C87H135N19O17/c1-14-53(11)73(104-80(116)60(34-25-26-36-88)96-70(108)47-93-79(115)63(39-50(5)6)102-86(122)74(54(12)15-2)105-84(120)68-35-27-37-106(68)87(123)67(41-52(9)10)103-77(113)59(89)42-56-28-19-16-20-29-56)85(121)95-55(13)76(112)92-46-71(109)97-65(44-58-32-23-18-24-33-58)82(118)100-62(38-49(3)4)78(114)94-48-72(110)98-66(45-69(90)107)83(119)101-64(40-51(7)8)81(117)99-61(75(91)111)43-57-30-21-17-22-31-57/h16-24,28-33,49-55,59-68,73-74H,14-15,25-27,34-48,88-89H2,1-13H3,(H2,90,107)(H2,91,111)(H,92,112)(H,93,115)(H,94,114)(H,95,121)(H,96,108)(H,97,109)(H,98,110)(H,99,117)(H,100,118)(H,101,119)(H,102,122)(H,103,113)(H,104,116)(H,105,120)/t53-,54-,55-,59-,60-,61-,62-,63-,64-,65-,66-,67-,68-,73-,74-/m0/s1. The summed E-state index contributed by atoms with van der Waals surface area (Å²) in [5.41, 5.74) is 25.4. The lowest BCUT2D eigenvalue weighted by molar-refractivity contribution is -0.143. The maximum atomic E-state index is 14.4. The van der Waals surface area contributed by atoms with Gasteiger partial charge in [-0.25, -0.2) is 0 Å². The van der Waals surface area contributed by atoms with E-state index in [-0.39, 0.29) is 94.5 Å². The molecule has 0 aliphatic carbocycles. The van der Waals surface area contributed by atoms with E-state index >= 15 is 0 Å². The number of unbranched alkanes of at least 4 members (excludes halogenated alkanes) is 1. The molecule has 1 fully saturated rings. The van der Waals surface area contributed by atoms with Crippen LogP contribution in [0.2, 0.25) is 0 Å². The molecule has 1 aliphatic rings. The molecule has 0 aromatic heterocycles. The molecule has 0 unspecified atom stereocenters. The Morgan fingerprint density at radius 3 is 1.22 bits per heavy atom. The maximum absolute atomic E-state index is 14.4. The van der Waals surface area contributed by atoms with Crippen molar-refractivity contribution in [3.8, 4) is 0 Å². The van der Waals surface area contributed by atoms with Gasteiger partial charge in [0.05, 0.1) is 32.1 Å². The topological polar surface area (TPSA) is 566 Å². The third-order valence-electron chi connectivity index (χ3n) is 21.0. The average Bonchev–Trinajstić information content (AvgIpc) is 1.72. The smallest absolute Gasteiger partial charge is 0.245 e. The Morgan fingerprint density at radius 2 is 0.764 bits per heavy atom. The number of nitrogens with zero attached hydrogens (tertiary/aromatic N) is 1. The molecule has 680 valence electrons. The zero-order valence-electron chi connectivity index (χ0n) is 73.5. The van der Waals surface area contributed by atoms with Crippen LogP contribution in [0.4, 0.5) is 0 Å². The van der Waals surface area contributed by atoms with E-state index in [0.29, 0.717) is 43.2 Å². The molecule has 22 N–H and O–H groups in total. The van der Waals surface area contributed by atoms with Crippen LogP contribution in [-0.2, 0) is 101 Å². The number of benzene rings is 3. The van der Waals surface area contributed by atoms with Crippen molar-refractivity contribution < 1.29 is 81.5 Å². The quantitative estimate of drug-likeness (QED) is 0.0317. The molecular formula is C87H135N19O17. The summed E-state index contributed by atoms with van der Waals surface area (Å²) in [5, 5.41) is 36.6. The molecule has 36 heteroatoms. The van der Waals surface area contributed by atoms with Gasteiger partial charge in [0, 0.05) is 19.4 Å². The number of hydrogen-bond donors (Lipinski definition) is 18. The third-order valence-corrected chi connectivity index (χ3v) is 21.0. The molecule has 17 amide bonds. The Bertz CT molecular complexity index is 4010. The first-order valence-corrected chi connectivity index (χ1v) is 42.7. The molecular weight excluding hydrogens is 1580 g/mol. The van der Waals surface area contributed by atoms with Gasteiger partial charge in [0.1, 0.15) is 72.5 Å². The lowest BCUT2D eigenvalue weighted by atomic mass is 9.96. The molecule has 0 radical (unpaired) electrons. The van der Waals surface area contributed by atoms with Crippen LogP contribution in [0, 0.1) is 35.5 Å². The van der Waals surface area contributed by atoms with E-state index < -0.39 is 217 Å². The summed E-state index contributed by atoms with van der Waals surface area (Å²) in [5.74, 6) is -15.0. The van der Waals surface area contributed by atoms with Crippen LogP contribution in [0.3, 0.4) is 0 Å². The fourth-order valence-corrected chi connectivity index (χ4v) is 13.8. The number of hydrogen-bond acceptors (Lipinski definition) is 19. The highest BCUT2D eigenvalue weighted by atomic mass is 16.2. The number of nitrogens with two attached hydrogens (primary N) is 4. The molecule has 1 saturated heterocycles. The first-order chi connectivity index (χ1) is 58.1. The molecule has 0 bridgehead atoms. The predicted octanol–water partition coefficient (Wildman–Crippen LogP) is -0.500. The first kappa shape index (κ1) is 104. The van der Waals surface area contributed by atoms with Gasteiger partial charge < -0.3 is 102 Å². The van der Waals surface area contributed by atoms with Crippen LogP contribution in [0.1, 0.15) is 184 Å². The number of nitrogens with one attached hydrogen (secondary N) is 14. The van der Waals surface area contributed by atoms with Crippen LogP contribution < -0.4 is 97.4 Å². The van der Waals surface area contributed by atoms with Crippen molar-refractivity contribution in [2.24, 2.45) is 58.4 Å². The molecule has 15 atom stereocenters. The van der Waals surface area contributed by atoms with Crippen LogP contribution in [-0.4, -0.2) is 217 Å². The highest BCUT2D eigenvalue weighted by Gasteiger charge is 2.42. The van der Waals surface area contributed by atoms with Crippen LogP contribution in [0.25, 0.3) is 0 Å². The molecule has 3 aromatic rings. The van der Waals surface area contributed by atoms with Crippen molar-refractivity contribution in [3.63, 3.8) is 0 Å². The van der Waals surface area contributed by atoms with E-state index in [0.717, 1.165) is 5.56 Å². The normalized spacial score (nSPS) is 15.9. The summed E-state index contributed by atoms with van der Waals surface area (Å²) in [6, 6.07) is 10.5. The maximum Gasteiger partial charge on any atom is 0.245 e. The molecule has 123 heavy (non-hydrogen) atoms. The molecule has 3 aromatic carbocycles. The van der Waals surface area contributed by atoms with E-state index in [1.54, 1.807) is 109 Å². The van der Waals surface area contributed by atoms with Gasteiger partial charge >= 0.3 is 0 Å². The van der Waals surface area contributed by atoms with Crippen molar-refractivity contribution in [1.82, 2.24) is 79.3 Å². The molecule has 1 aliphatic heterocycles. The lowest BCUT2D eigenvalue weighted by Gasteiger charge is -2.32. The van der Waals surface area contributed by atoms with Crippen LogP contribution in [0.15, 0.2) is 91.0 Å². The Morgan fingerprint density at radius 1 is 0.390 bits per heavy atom. The van der Waals surface area contributed by atoms with Gasteiger partial charge in [-0.1, -0.05) is 187 Å². The second kappa shape index (κ2) is 53.5. The van der Waals surface area contributed by atoms with Crippen molar-refractivity contribution in [1.29, 1.82) is 0 Å². The number of carbonyl (C=O) groups excluding carboxylic acids is 17. The minimum atomic E-state index is -1.65. The lowest BCUT2D eigenvalue weighted by Crippen LogP contribution is -2.60. The van der Waals surface area contributed by atoms with Crippen LogP contribution in [0.5, 0.6) is 0 Å². The average molecular weight is 1720 g/mol. The summed E-state index contributed by atoms with van der Waals surface area (Å²) >= 11 is 0. The zero-order chi connectivity index (χ0) is 91.7. The van der Waals surface area contributed by atoms with Crippen molar-refractivity contribution >= 4 is 100 Å². The molecule has 4 rings (SSSR count). The van der Waals surface area contributed by atoms with E-state index in [4.69, 9.17) is 22.9 Å². The fourth-order valence-electron chi connectivity index (χ4n) is 13.8. The van der Waals surface area contributed by atoms with E-state index in [2.05, 4.69) is 74.4 Å². The fraction of sp³-hybridized carbons (Fsp3) is 0.598. The van der Waals surface area contributed by atoms with Gasteiger partial charge in [-0.05, 0) is 130 Å². The minimum Gasteiger partial charge on any atom is -0.370 e. The minimum absolute atomic E-state index is 0.0134.